The fourth-order valence-electron chi connectivity index (χ4n) is 3.06. The molecule has 0 aliphatic carbocycles. The summed E-state index contributed by atoms with van der Waals surface area (Å²) in [5, 5.41) is 4.01. The quantitative estimate of drug-likeness (QED) is 0.126. The maximum atomic E-state index is 12.6. The molecular weight excluding hydrogens is 460 g/mol. The smallest absolute Gasteiger partial charge is 0.343 e. The van der Waals surface area contributed by atoms with E-state index in [2.05, 4.69) is 17.1 Å². The molecule has 3 aromatic carbocycles. The summed E-state index contributed by atoms with van der Waals surface area (Å²) >= 11 is 0. The van der Waals surface area contributed by atoms with Gasteiger partial charge in [0, 0.05) is 5.56 Å². The first-order valence-corrected chi connectivity index (χ1v) is 11.4. The molecule has 0 aliphatic heterocycles. The fourth-order valence-corrected chi connectivity index (χ4v) is 3.06. The van der Waals surface area contributed by atoms with Gasteiger partial charge < -0.3 is 18.9 Å². The molecule has 8 nitrogen and oxygen atoms in total. The van der Waals surface area contributed by atoms with Crippen molar-refractivity contribution in [3.63, 3.8) is 0 Å². The number of hydrogen-bond acceptors (Lipinski definition) is 7. The van der Waals surface area contributed by atoms with Crippen LogP contribution in [0.1, 0.15) is 40.1 Å². The molecule has 3 rings (SSSR count). The average molecular weight is 489 g/mol. The van der Waals surface area contributed by atoms with Gasteiger partial charge in [0.25, 0.3) is 5.91 Å². The number of nitrogens with zero attached hydrogens (tertiary/aromatic N) is 1. The number of hydrogen-bond donors (Lipinski definition) is 1. The first-order chi connectivity index (χ1) is 17.5. The zero-order chi connectivity index (χ0) is 25.8. The van der Waals surface area contributed by atoms with E-state index < -0.39 is 5.97 Å². The molecule has 186 valence electrons. The van der Waals surface area contributed by atoms with Crippen molar-refractivity contribution in [2.75, 3.05) is 19.8 Å². The molecule has 0 aliphatic rings. The summed E-state index contributed by atoms with van der Waals surface area (Å²) in [6.45, 7) is 8.61. The third kappa shape index (κ3) is 7.46. The second-order valence-electron chi connectivity index (χ2n) is 7.31. The van der Waals surface area contributed by atoms with Crippen molar-refractivity contribution in [3.8, 4) is 23.0 Å². The number of ether oxygens (including phenoxy) is 4. The average Bonchev–Trinajstić information content (AvgIpc) is 2.90. The summed E-state index contributed by atoms with van der Waals surface area (Å²) in [4.78, 5) is 24.9. The third-order valence-corrected chi connectivity index (χ3v) is 4.74. The zero-order valence-electron chi connectivity index (χ0n) is 20.2. The van der Waals surface area contributed by atoms with Gasteiger partial charge >= 0.3 is 5.97 Å². The van der Waals surface area contributed by atoms with E-state index in [1.807, 2.05) is 13.8 Å². The van der Waals surface area contributed by atoms with E-state index in [1.54, 1.807) is 72.8 Å². The Kier molecular flexibility index (Phi) is 9.64. The molecule has 0 fully saturated rings. The standard InChI is InChI=1S/C28H28N2O6/c1-4-17-35-24-12-8-21(9-13-24)27(31)30-29-19-20-7-16-25(26(18-20)34-6-3)36-28(32)22-10-14-23(15-11-22)33-5-2/h4,7-16,18-19H,1,5-6,17H2,2-3H3,(H,30,31)/b29-19-. The van der Waals surface area contributed by atoms with E-state index in [0.29, 0.717) is 53.8 Å². The molecule has 1 N–H and O–H groups in total. The van der Waals surface area contributed by atoms with Crippen LogP contribution >= 0.6 is 0 Å². The number of nitrogens with one attached hydrogen (secondary N) is 1. The van der Waals surface area contributed by atoms with Crippen LogP contribution in [0.5, 0.6) is 23.0 Å². The number of esters is 1. The van der Waals surface area contributed by atoms with Gasteiger partial charge in [0.15, 0.2) is 11.5 Å². The SMILES string of the molecule is C=CCOc1ccc(C(=O)N/N=C\c2ccc(OC(=O)c3ccc(OCC)cc3)c(OCC)c2)cc1. The van der Waals surface area contributed by atoms with Crippen LogP contribution in [0.2, 0.25) is 0 Å². The Labute approximate surface area is 210 Å². The Hall–Kier alpha value is -4.59. The molecule has 0 heterocycles. The Bertz CT molecular complexity index is 1200. The van der Waals surface area contributed by atoms with Crippen LogP contribution in [0.4, 0.5) is 0 Å². The Balaban J connectivity index is 1.63. The predicted octanol–water partition coefficient (Wildman–Crippen LogP) is 5.03. The fraction of sp³-hybridized carbons (Fsp3) is 0.179. The lowest BCUT2D eigenvalue weighted by Crippen LogP contribution is -2.17. The zero-order valence-corrected chi connectivity index (χ0v) is 20.2. The Morgan fingerprint density at radius 3 is 2.11 bits per heavy atom. The molecule has 8 heteroatoms. The lowest BCUT2D eigenvalue weighted by Gasteiger charge is -2.11. The number of carbonyl (C=O) groups is 2. The van der Waals surface area contributed by atoms with Crippen LogP contribution in [0, 0.1) is 0 Å². The molecule has 1 amide bonds. The van der Waals surface area contributed by atoms with Crippen LogP contribution in [0.15, 0.2) is 84.5 Å². The van der Waals surface area contributed by atoms with Crippen LogP contribution in [0.3, 0.4) is 0 Å². The van der Waals surface area contributed by atoms with Crippen molar-refractivity contribution in [1.29, 1.82) is 0 Å². The Morgan fingerprint density at radius 1 is 0.833 bits per heavy atom. The van der Waals surface area contributed by atoms with Gasteiger partial charge in [-0.15, -0.1) is 0 Å². The van der Waals surface area contributed by atoms with E-state index in [4.69, 9.17) is 18.9 Å². The summed E-state index contributed by atoms with van der Waals surface area (Å²) in [6.07, 6.45) is 3.12. The number of carbonyl (C=O) groups excluding carboxylic acids is 2. The maximum Gasteiger partial charge on any atom is 0.343 e. The number of benzene rings is 3. The van der Waals surface area contributed by atoms with Crippen molar-refractivity contribution in [3.05, 3.63) is 96.1 Å². The lowest BCUT2D eigenvalue weighted by atomic mass is 10.2. The molecule has 3 aromatic rings. The number of rotatable bonds is 12. The van der Waals surface area contributed by atoms with Gasteiger partial charge in [-0.25, -0.2) is 10.2 Å². The summed E-state index contributed by atoms with van der Waals surface area (Å²) in [6, 6.07) is 18.4. The van der Waals surface area contributed by atoms with Gasteiger partial charge in [0.1, 0.15) is 18.1 Å². The van der Waals surface area contributed by atoms with E-state index in [-0.39, 0.29) is 11.7 Å². The molecule has 0 saturated carbocycles. The highest BCUT2D eigenvalue weighted by Gasteiger charge is 2.13. The summed E-state index contributed by atoms with van der Waals surface area (Å²) in [5.74, 6) is 1.08. The highest BCUT2D eigenvalue weighted by atomic mass is 16.6. The molecule has 36 heavy (non-hydrogen) atoms. The second kappa shape index (κ2) is 13.3. The van der Waals surface area contributed by atoms with E-state index in [9.17, 15) is 9.59 Å². The molecule has 0 aromatic heterocycles. The summed E-state index contributed by atoms with van der Waals surface area (Å²) in [7, 11) is 0. The van der Waals surface area contributed by atoms with Gasteiger partial charge in [-0.2, -0.15) is 5.10 Å². The van der Waals surface area contributed by atoms with Crippen LogP contribution < -0.4 is 24.4 Å². The summed E-state index contributed by atoms with van der Waals surface area (Å²) in [5.41, 5.74) is 3.95. The van der Waals surface area contributed by atoms with Crippen LogP contribution in [-0.4, -0.2) is 37.9 Å². The molecule has 0 saturated heterocycles. The first-order valence-electron chi connectivity index (χ1n) is 11.4. The first kappa shape index (κ1) is 26.0. The van der Waals surface area contributed by atoms with Gasteiger partial charge in [0.05, 0.1) is 25.0 Å². The normalized spacial score (nSPS) is 10.5. The Morgan fingerprint density at radius 2 is 1.47 bits per heavy atom. The van der Waals surface area contributed by atoms with Gasteiger partial charge in [-0.1, -0.05) is 12.7 Å². The highest BCUT2D eigenvalue weighted by molar-refractivity contribution is 5.95. The molecule has 0 unspecified atom stereocenters. The molecular formula is C28H28N2O6. The second-order valence-corrected chi connectivity index (χ2v) is 7.31. The monoisotopic (exact) mass is 488 g/mol. The van der Waals surface area contributed by atoms with Gasteiger partial charge in [0.2, 0.25) is 0 Å². The van der Waals surface area contributed by atoms with Gasteiger partial charge in [-0.05, 0) is 86.1 Å². The largest absolute Gasteiger partial charge is 0.494 e. The van der Waals surface area contributed by atoms with Crippen molar-refractivity contribution in [1.82, 2.24) is 5.43 Å². The van der Waals surface area contributed by atoms with E-state index >= 15 is 0 Å². The van der Waals surface area contributed by atoms with Gasteiger partial charge in [-0.3, -0.25) is 4.79 Å². The number of hydrazone groups is 1. The van der Waals surface area contributed by atoms with E-state index in [1.165, 1.54) is 6.21 Å². The maximum absolute atomic E-state index is 12.6. The van der Waals surface area contributed by atoms with Crippen LogP contribution in [0.25, 0.3) is 0 Å². The molecule has 0 atom stereocenters. The lowest BCUT2D eigenvalue weighted by molar-refractivity contribution is 0.0728. The number of amides is 1. The predicted molar refractivity (Wildman–Crippen MR) is 137 cm³/mol. The molecule has 0 bridgehead atoms. The minimum atomic E-state index is -0.520. The minimum absolute atomic E-state index is 0.274. The van der Waals surface area contributed by atoms with Crippen molar-refractivity contribution < 1.29 is 28.5 Å². The third-order valence-electron chi connectivity index (χ3n) is 4.74. The van der Waals surface area contributed by atoms with Crippen molar-refractivity contribution in [2.24, 2.45) is 5.10 Å². The molecule has 0 spiro atoms. The van der Waals surface area contributed by atoms with E-state index in [0.717, 1.165) is 0 Å². The highest BCUT2D eigenvalue weighted by Crippen LogP contribution is 2.29. The molecule has 0 radical (unpaired) electrons. The minimum Gasteiger partial charge on any atom is -0.494 e. The van der Waals surface area contributed by atoms with Crippen LogP contribution in [-0.2, 0) is 0 Å². The van der Waals surface area contributed by atoms with Crippen molar-refractivity contribution in [2.45, 2.75) is 13.8 Å². The summed E-state index contributed by atoms with van der Waals surface area (Å²) < 4.78 is 22.0. The van der Waals surface area contributed by atoms with Crippen molar-refractivity contribution >= 4 is 18.1 Å². The topological polar surface area (TPSA) is 95.5 Å².